The molecule has 0 spiro atoms. The van der Waals surface area contributed by atoms with Crippen molar-refractivity contribution in [2.24, 2.45) is 0 Å². The van der Waals surface area contributed by atoms with Crippen molar-refractivity contribution in [1.29, 1.82) is 0 Å². The topological polar surface area (TPSA) is 67.2 Å². The fourth-order valence-electron chi connectivity index (χ4n) is 0.706. The molecule has 0 unspecified atom stereocenters. The Labute approximate surface area is 80.4 Å². The lowest BCUT2D eigenvalue weighted by Gasteiger charge is -2.02. The summed E-state index contributed by atoms with van der Waals surface area (Å²) in [6.45, 7) is 0.549. The average molecular weight is 204 g/mol. The number of halogens is 1. The molecule has 13 heavy (non-hydrogen) atoms. The third kappa shape index (κ3) is 3.80. The van der Waals surface area contributed by atoms with Gasteiger partial charge in [0.05, 0.1) is 0 Å². The van der Waals surface area contributed by atoms with Crippen LogP contribution >= 0.6 is 11.6 Å². The molecule has 1 heterocycles. The minimum absolute atomic E-state index is 0.306. The van der Waals surface area contributed by atoms with E-state index in [1.807, 2.05) is 0 Å². The van der Waals surface area contributed by atoms with Crippen LogP contribution in [0, 0.1) is 0 Å². The van der Waals surface area contributed by atoms with Crippen molar-refractivity contribution in [3.8, 4) is 0 Å². The van der Waals surface area contributed by atoms with Gasteiger partial charge in [0.2, 0.25) is 0 Å². The van der Waals surface area contributed by atoms with Gasteiger partial charge in [0.15, 0.2) is 5.82 Å². The molecule has 0 atom stereocenters. The molecule has 1 rings (SSSR count). The second kappa shape index (κ2) is 5.42. The van der Waals surface area contributed by atoms with Crippen LogP contribution in [0.25, 0.3) is 0 Å². The minimum atomic E-state index is -0.306. The Kier molecular flexibility index (Phi) is 4.11. The Morgan fingerprint density at radius 1 is 1.69 bits per heavy atom. The number of amides is 2. The van der Waals surface area contributed by atoms with Crippen molar-refractivity contribution >= 4 is 23.4 Å². The SMILES string of the molecule is O=C(NCCCCl)Nc1ccon1. The van der Waals surface area contributed by atoms with E-state index in [-0.39, 0.29) is 6.03 Å². The zero-order valence-corrected chi connectivity index (χ0v) is 7.67. The average Bonchev–Trinajstić information content (AvgIpc) is 2.57. The van der Waals surface area contributed by atoms with E-state index in [9.17, 15) is 4.79 Å². The van der Waals surface area contributed by atoms with Crippen molar-refractivity contribution in [1.82, 2.24) is 10.5 Å². The van der Waals surface area contributed by atoms with Crippen LogP contribution in [0.4, 0.5) is 10.6 Å². The highest BCUT2D eigenvalue weighted by atomic mass is 35.5. The Hall–Kier alpha value is -1.23. The third-order valence-corrected chi connectivity index (χ3v) is 1.54. The predicted molar refractivity (Wildman–Crippen MR) is 48.9 cm³/mol. The minimum Gasteiger partial charge on any atom is -0.363 e. The largest absolute Gasteiger partial charge is 0.363 e. The van der Waals surface area contributed by atoms with Crippen LogP contribution in [0.2, 0.25) is 0 Å². The van der Waals surface area contributed by atoms with Crippen LogP contribution in [0.5, 0.6) is 0 Å². The monoisotopic (exact) mass is 203 g/mol. The van der Waals surface area contributed by atoms with Gasteiger partial charge in [-0.25, -0.2) is 4.79 Å². The first-order valence-electron chi connectivity index (χ1n) is 3.84. The molecule has 0 fully saturated rings. The number of rotatable bonds is 4. The summed E-state index contributed by atoms with van der Waals surface area (Å²) in [4.78, 5) is 11.0. The summed E-state index contributed by atoms with van der Waals surface area (Å²) in [5, 5.41) is 8.60. The van der Waals surface area contributed by atoms with Crippen molar-refractivity contribution in [3.63, 3.8) is 0 Å². The molecule has 0 saturated carbocycles. The first-order valence-corrected chi connectivity index (χ1v) is 4.37. The molecule has 0 aromatic carbocycles. The molecule has 6 heteroatoms. The van der Waals surface area contributed by atoms with Crippen molar-refractivity contribution in [2.45, 2.75) is 6.42 Å². The van der Waals surface area contributed by atoms with E-state index in [1.54, 1.807) is 6.07 Å². The zero-order valence-electron chi connectivity index (χ0n) is 6.92. The number of nitrogens with one attached hydrogen (secondary N) is 2. The Bertz CT molecular complexity index is 250. The van der Waals surface area contributed by atoms with E-state index in [0.29, 0.717) is 18.2 Å². The van der Waals surface area contributed by atoms with Crippen LogP contribution < -0.4 is 10.6 Å². The van der Waals surface area contributed by atoms with Crippen LogP contribution in [0.1, 0.15) is 6.42 Å². The van der Waals surface area contributed by atoms with Gasteiger partial charge in [0.1, 0.15) is 6.26 Å². The highest BCUT2D eigenvalue weighted by molar-refractivity contribution is 6.17. The van der Waals surface area contributed by atoms with E-state index in [4.69, 9.17) is 11.6 Å². The summed E-state index contributed by atoms with van der Waals surface area (Å²) in [6.07, 6.45) is 2.13. The number of carbonyl (C=O) groups is 1. The number of alkyl halides is 1. The Balaban J connectivity index is 2.18. The molecule has 0 aliphatic rings. The molecule has 0 radical (unpaired) electrons. The molecule has 2 N–H and O–H groups in total. The number of carbonyl (C=O) groups excluding carboxylic acids is 1. The van der Waals surface area contributed by atoms with E-state index in [2.05, 4.69) is 20.3 Å². The highest BCUT2D eigenvalue weighted by Crippen LogP contribution is 1.99. The van der Waals surface area contributed by atoms with Gasteiger partial charge in [0.25, 0.3) is 0 Å². The maximum Gasteiger partial charge on any atom is 0.320 e. The maximum absolute atomic E-state index is 11.0. The molecular formula is C7H10ClN3O2. The Morgan fingerprint density at radius 3 is 3.15 bits per heavy atom. The molecule has 1 aromatic heterocycles. The second-order valence-corrected chi connectivity index (χ2v) is 2.69. The summed E-state index contributed by atoms with van der Waals surface area (Å²) in [5.41, 5.74) is 0. The molecule has 0 aliphatic heterocycles. The van der Waals surface area contributed by atoms with Crippen molar-refractivity contribution in [3.05, 3.63) is 12.3 Å². The fourth-order valence-corrected chi connectivity index (χ4v) is 0.840. The zero-order chi connectivity index (χ0) is 9.52. The van der Waals surface area contributed by atoms with Crippen LogP contribution in [-0.2, 0) is 0 Å². The van der Waals surface area contributed by atoms with Crippen LogP contribution in [-0.4, -0.2) is 23.6 Å². The number of hydrogen-bond donors (Lipinski definition) is 2. The Morgan fingerprint density at radius 2 is 2.54 bits per heavy atom. The van der Waals surface area contributed by atoms with Gasteiger partial charge < -0.3 is 9.84 Å². The van der Waals surface area contributed by atoms with Gasteiger partial charge in [-0.1, -0.05) is 5.16 Å². The van der Waals surface area contributed by atoms with E-state index in [1.165, 1.54) is 6.26 Å². The van der Waals surface area contributed by atoms with E-state index < -0.39 is 0 Å². The van der Waals surface area contributed by atoms with Gasteiger partial charge >= 0.3 is 6.03 Å². The molecule has 0 saturated heterocycles. The predicted octanol–water partition coefficient (Wildman–Crippen LogP) is 1.42. The highest BCUT2D eigenvalue weighted by Gasteiger charge is 2.01. The first-order chi connectivity index (χ1) is 6.33. The summed E-state index contributed by atoms with van der Waals surface area (Å²) in [7, 11) is 0. The molecule has 1 aromatic rings. The number of hydrogen-bond acceptors (Lipinski definition) is 3. The number of urea groups is 1. The van der Waals surface area contributed by atoms with Gasteiger partial charge in [-0.3, -0.25) is 5.32 Å². The van der Waals surface area contributed by atoms with Gasteiger partial charge in [-0.15, -0.1) is 11.6 Å². The third-order valence-electron chi connectivity index (χ3n) is 1.28. The summed E-state index contributed by atoms with van der Waals surface area (Å²) in [6, 6.07) is 1.25. The normalized spacial score (nSPS) is 9.62. The summed E-state index contributed by atoms with van der Waals surface area (Å²) >= 11 is 5.43. The van der Waals surface area contributed by atoms with Crippen molar-refractivity contribution in [2.75, 3.05) is 17.7 Å². The number of anilines is 1. The van der Waals surface area contributed by atoms with Crippen LogP contribution in [0.15, 0.2) is 16.9 Å². The van der Waals surface area contributed by atoms with Gasteiger partial charge in [0, 0.05) is 18.5 Å². The van der Waals surface area contributed by atoms with Crippen LogP contribution in [0.3, 0.4) is 0 Å². The maximum atomic E-state index is 11.0. The first kappa shape index (κ1) is 9.85. The second-order valence-electron chi connectivity index (χ2n) is 2.31. The molecular weight excluding hydrogens is 194 g/mol. The fraction of sp³-hybridized carbons (Fsp3) is 0.429. The molecule has 72 valence electrons. The van der Waals surface area contributed by atoms with Gasteiger partial charge in [-0.05, 0) is 6.42 Å². The lowest BCUT2D eigenvalue weighted by Crippen LogP contribution is -2.29. The molecule has 0 bridgehead atoms. The number of aromatic nitrogens is 1. The van der Waals surface area contributed by atoms with E-state index in [0.717, 1.165) is 6.42 Å². The van der Waals surface area contributed by atoms with Crippen molar-refractivity contribution < 1.29 is 9.32 Å². The summed E-state index contributed by atoms with van der Waals surface area (Å²) in [5.74, 6) is 0.924. The lowest BCUT2D eigenvalue weighted by atomic mass is 10.5. The van der Waals surface area contributed by atoms with E-state index >= 15 is 0 Å². The smallest absolute Gasteiger partial charge is 0.320 e. The summed E-state index contributed by atoms with van der Waals surface area (Å²) < 4.78 is 4.53. The molecule has 2 amide bonds. The molecule has 0 aliphatic carbocycles. The lowest BCUT2D eigenvalue weighted by molar-refractivity contribution is 0.252. The number of nitrogens with zero attached hydrogens (tertiary/aromatic N) is 1. The molecule has 5 nitrogen and oxygen atoms in total. The standard InChI is InChI=1S/C7H10ClN3O2/c8-3-1-4-9-7(12)10-6-2-5-13-11-6/h2,5H,1,3-4H2,(H2,9,10,11,12). The van der Waals surface area contributed by atoms with Gasteiger partial charge in [-0.2, -0.15) is 0 Å². The quantitative estimate of drug-likeness (QED) is 0.575.